The van der Waals surface area contributed by atoms with Gasteiger partial charge in [-0.3, -0.25) is 9.69 Å². The van der Waals surface area contributed by atoms with Gasteiger partial charge in [0.2, 0.25) is 17.6 Å². The minimum atomic E-state index is -0.263. The number of ether oxygens (including phenoxy) is 2. The first-order valence-corrected chi connectivity index (χ1v) is 10.7. The van der Waals surface area contributed by atoms with E-state index in [2.05, 4.69) is 10.2 Å². The average Bonchev–Trinajstić information content (AvgIpc) is 2.81. The highest BCUT2D eigenvalue weighted by Crippen LogP contribution is 2.20. The van der Waals surface area contributed by atoms with Crippen molar-refractivity contribution in [3.8, 4) is 0 Å². The predicted molar refractivity (Wildman–Crippen MR) is 118 cm³/mol. The Hall–Kier alpha value is -3.03. The monoisotopic (exact) mass is 422 g/mol. The van der Waals surface area contributed by atoms with E-state index in [1.807, 2.05) is 36.4 Å². The van der Waals surface area contributed by atoms with Crippen LogP contribution < -0.4 is 5.32 Å². The summed E-state index contributed by atoms with van der Waals surface area (Å²) in [7, 11) is 1.75. The van der Waals surface area contributed by atoms with Gasteiger partial charge in [0.05, 0.1) is 13.2 Å². The number of carbonyl (C=O) groups excluding carboxylic acids is 2. The summed E-state index contributed by atoms with van der Waals surface area (Å²) in [4.78, 5) is 27.3. The van der Waals surface area contributed by atoms with Gasteiger partial charge in [-0.1, -0.05) is 24.3 Å². The average molecular weight is 423 g/mol. The summed E-state index contributed by atoms with van der Waals surface area (Å²) < 4.78 is 12.8. The maximum atomic E-state index is 12.6. The van der Waals surface area contributed by atoms with Crippen LogP contribution in [0.25, 0.3) is 6.08 Å². The third-order valence-electron chi connectivity index (χ3n) is 5.62. The lowest BCUT2D eigenvalue weighted by Crippen LogP contribution is -2.40. The molecule has 0 radical (unpaired) electrons. The number of nitrogens with zero attached hydrogens (tertiary/aromatic N) is 2. The van der Waals surface area contributed by atoms with Crippen LogP contribution in [0.1, 0.15) is 22.3 Å². The number of allylic oxidation sites excluding steroid dienone is 2. The predicted octanol–water partition coefficient (Wildman–Crippen LogP) is 1.61. The van der Waals surface area contributed by atoms with E-state index in [0.717, 1.165) is 50.5 Å². The van der Waals surface area contributed by atoms with Crippen LogP contribution in [0.5, 0.6) is 0 Å². The molecule has 31 heavy (non-hydrogen) atoms. The van der Waals surface area contributed by atoms with Crippen molar-refractivity contribution in [2.75, 3.05) is 46.4 Å². The van der Waals surface area contributed by atoms with Gasteiger partial charge in [-0.25, -0.2) is 4.79 Å². The Balaban J connectivity index is 1.32. The summed E-state index contributed by atoms with van der Waals surface area (Å²) >= 11 is 0. The zero-order chi connectivity index (χ0) is 21.6. The summed E-state index contributed by atoms with van der Waals surface area (Å²) in [6, 6.07) is 7.17. The molecule has 1 aliphatic carbocycles. The molecule has 1 saturated heterocycles. The van der Waals surface area contributed by atoms with E-state index in [1.165, 1.54) is 0 Å². The Morgan fingerprint density at radius 2 is 2.00 bits per heavy atom. The summed E-state index contributed by atoms with van der Waals surface area (Å²) in [5.74, 6) is 0.00841. The van der Waals surface area contributed by atoms with Gasteiger partial charge in [0, 0.05) is 31.3 Å². The highest BCUT2D eigenvalue weighted by atomic mass is 16.5. The first-order valence-electron chi connectivity index (χ1n) is 10.7. The molecular formula is C24H28N3O4+. The van der Waals surface area contributed by atoms with Gasteiger partial charge in [-0.15, -0.1) is 0 Å². The second-order valence-corrected chi connectivity index (χ2v) is 7.77. The molecule has 1 fully saturated rings. The zero-order valence-electron chi connectivity index (χ0n) is 17.8. The van der Waals surface area contributed by atoms with Crippen molar-refractivity contribution in [3.63, 3.8) is 0 Å². The maximum absolute atomic E-state index is 12.6. The van der Waals surface area contributed by atoms with Crippen LogP contribution in [0.15, 0.2) is 54.3 Å². The van der Waals surface area contributed by atoms with Crippen LogP contribution in [0.4, 0.5) is 0 Å². The molecule has 2 aliphatic heterocycles. The Morgan fingerprint density at radius 1 is 1.23 bits per heavy atom. The van der Waals surface area contributed by atoms with E-state index in [4.69, 9.17) is 9.47 Å². The van der Waals surface area contributed by atoms with Gasteiger partial charge in [0.1, 0.15) is 7.05 Å². The number of likely N-dealkylation sites (N-methyl/N-ethyl adjacent to an activating group) is 1. The van der Waals surface area contributed by atoms with Crippen LogP contribution in [0.2, 0.25) is 0 Å². The molecule has 3 aliphatic rings. The summed E-state index contributed by atoms with van der Waals surface area (Å²) in [6.07, 6.45) is 9.95. The van der Waals surface area contributed by atoms with Crippen LogP contribution >= 0.6 is 0 Å². The first kappa shape index (κ1) is 21.2. The number of amides is 2. The topological polar surface area (TPSA) is 70.9 Å². The van der Waals surface area contributed by atoms with Crippen LogP contribution in [0, 0.1) is 0 Å². The molecule has 4 rings (SSSR count). The SMILES string of the molecule is C[N+]1=C2C=CC=CC2O/C(=C\c2ccc(C(=O)NCCCN3CCOCC3)cc2)C1=O. The number of morpholine rings is 1. The molecule has 2 heterocycles. The molecule has 0 bridgehead atoms. The highest BCUT2D eigenvalue weighted by Gasteiger charge is 2.37. The molecule has 0 aromatic heterocycles. The molecule has 1 atom stereocenters. The molecule has 1 N–H and O–H groups in total. The highest BCUT2D eigenvalue weighted by molar-refractivity contribution is 6.05. The van der Waals surface area contributed by atoms with Crippen molar-refractivity contribution < 1.29 is 23.6 Å². The quantitative estimate of drug-likeness (QED) is 0.429. The lowest BCUT2D eigenvalue weighted by Gasteiger charge is -2.26. The van der Waals surface area contributed by atoms with Gasteiger partial charge in [0.25, 0.3) is 5.91 Å². The van der Waals surface area contributed by atoms with Crippen molar-refractivity contribution in [3.05, 3.63) is 65.5 Å². The molecule has 2 amide bonds. The number of carbonyl (C=O) groups is 2. The maximum Gasteiger partial charge on any atom is 0.454 e. The first-order chi connectivity index (χ1) is 15.1. The largest absolute Gasteiger partial charge is 0.465 e. The number of hydrogen-bond acceptors (Lipinski definition) is 5. The van der Waals surface area contributed by atoms with Gasteiger partial charge in [-0.05, 0) is 42.8 Å². The van der Waals surface area contributed by atoms with E-state index in [9.17, 15) is 9.59 Å². The Bertz CT molecular complexity index is 954. The molecule has 0 spiro atoms. The van der Waals surface area contributed by atoms with Crippen molar-refractivity contribution >= 4 is 23.6 Å². The van der Waals surface area contributed by atoms with Gasteiger partial charge >= 0.3 is 5.91 Å². The number of benzene rings is 1. The Labute approximate surface area is 182 Å². The fourth-order valence-corrected chi connectivity index (χ4v) is 3.79. The fraction of sp³-hybridized carbons (Fsp3) is 0.375. The molecule has 1 unspecified atom stereocenters. The number of rotatable bonds is 6. The lowest BCUT2D eigenvalue weighted by atomic mass is 10.1. The third kappa shape index (κ3) is 5.18. The van der Waals surface area contributed by atoms with Crippen molar-refractivity contribution in [2.24, 2.45) is 0 Å². The second-order valence-electron chi connectivity index (χ2n) is 7.77. The van der Waals surface area contributed by atoms with Crippen LogP contribution in [-0.4, -0.2) is 79.5 Å². The van der Waals surface area contributed by atoms with Crippen LogP contribution in [-0.2, 0) is 14.3 Å². The summed E-state index contributed by atoms with van der Waals surface area (Å²) in [5.41, 5.74) is 2.22. The molecule has 0 saturated carbocycles. The molecule has 162 valence electrons. The fourth-order valence-electron chi connectivity index (χ4n) is 3.79. The Kier molecular flexibility index (Phi) is 6.74. The number of hydrogen-bond donors (Lipinski definition) is 1. The minimum Gasteiger partial charge on any atom is -0.465 e. The van der Waals surface area contributed by atoms with E-state index >= 15 is 0 Å². The van der Waals surface area contributed by atoms with Crippen molar-refractivity contribution in [1.29, 1.82) is 0 Å². The zero-order valence-corrected chi connectivity index (χ0v) is 17.8. The number of nitrogens with one attached hydrogen (secondary N) is 1. The van der Waals surface area contributed by atoms with Crippen molar-refractivity contribution in [2.45, 2.75) is 12.5 Å². The third-order valence-corrected chi connectivity index (χ3v) is 5.62. The minimum absolute atomic E-state index is 0.0933. The van der Waals surface area contributed by atoms with E-state index in [0.29, 0.717) is 12.1 Å². The smallest absolute Gasteiger partial charge is 0.454 e. The van der Waals surface area contributed by atoms with E-state index in [-0.39, 0.29) is 23.7 Å². The standard InChI is InChI=1S/C24H27N3O4/c1-26-20-5-2-3-6-21(20)31-22(24(26)29)17-18-7-9-19(10-8-18)23(28)25-11-4-12-27-13-15-30-16-14-27/h2-3,5-10,17,21H,4,11-16H2,1H3/p+1/b22-17-. The normalized spacial score (nSPS) is 22.4. The number of fused-ring (bicyclic) bond motifs is 1. The van der Waals surface area contributed by atoms with E-state index in [1.54, 1.807) is 29.8 Å². The summed E-state index contributed by atoms with van der Waals surface area (Å²) in [6.45, 7) is 5.09. The molecule has 1 aromatic rings. The molecule has 7 heteroatoms. The van der Waals surface area contributed by atoms with Gasteiger partial charge in [-0.2, -0.15) is 4.58 Å². The summed E-state index contributed by atoms with van der Waals surface area (Å²) in [5, 5.41) is 2.97. The van der Waals surface area contributed by atoms with E-state index < -0.39 is 0 Å². The Morgan fingerprint density at radius 3 is 2.77 bits per heavy atom. The van der Waals surface area contributed by atoms with Gasteiger partial charge < -0.3 is 14.8 Å². The van der Waals surface area contributed by atoms with Crippen LogP contribution in [0.3, 0.4) is 0 Å². The second kappa shape index (κ2) is 9.85. The van der Waals surface area contributed by atoms with Crippen molar-refractivity contribution in [1.82, 2.24) is 10.2 Å². The lowest BCUT2D eigenvalue weighted by molar-refractivity contribution is -0.424. The molecule has 1 aromatic carbocycles. The van der Waals surface area contributed by atoms with Gasteiger partial charge in [0.15, 0.2) is 0 Å². The molecular weight excluding hydrogens is 394 g/mol. The molecule has 7 nitrogen and oxygen atoms in total.